The summed E-state index contributed by atoms with van der Waals surface area (Å²) in [4.78, 5) is 11.7. The van der Waals surface area contributed by atoms with Crippen molar-refractivity contribution in [2.75, 3.05) is 7.11 Å². The van der Waals surface area contributed by atoms with Gasteiger partial charge in [-0.25, -0.2) is 0 Å². The number of methoxy groups -OCH3 is 1. The van der Waals surface area contributed by atoms with Crippen LogP contribution in [0.2, 0.25) is 0 Å². The maximum Gasteiger partial charge on any atom is 0.327 e. The number of ether oxygens (including phenoxy) is 1. The lowest BCUT2D eigenvalue weighted by Gasteiger charge is -2.04. The largest absolute Gasteiger partial charge is 0.468 e. The molecule has 0 saturated heterocycles. The van der Waals surface area contributed by atoms with Gasteiger partial charge in [0, 0.05) is 10.9 Å². The Balaban J connectivity index is 1.58. The van der Waals surface area contributed by atoms with Crippen LogP contribution in [0.25, 0.3) is 22.2 Å². The first-order chi connectivity index (χ1) is 13.7. The first-order valence-electron chi connectivity index (χ1n) is 9.40. The van der Waals surface area contributed by atoms with Crippen LogP contribution in [-0.4, -0.2) is 22.9 Å². The van der Waals surface area contributed by atoms with E-state index in [-0.39, 0.29) is 12.5 Å². The topological polar surface area (TPSA) is 44.1 Å². The van der Waals surface area contributed by atoms with E-state index in [1.807, 2.05) is 30.3 Å². The number of para-hydroxylation sites is 1. The molecule has 4 aromatic rings. The number of aryl methyl sites for hydroxylation is 2. The molecule has 0 radical (unpaired) electrons. The molecule has 4 heteroatoms. The van der Waals surface area contributed by atoms with Gasteiger partial charge in [0.1, 0.15) is 12.2 Å². The summed E-state index contributed by atoms with van der Waals surface area (Å²) in [7, 11) is 1.39. The molecule has 0 unspecified atom stereocenters. The Hall–Kier alpha value is -3.40. The van der Waals surface area contributed by atoms with E-state index < -0.39 is 0 Å². The van der Waals surface area contributed by atoms with Gasteiger partial charge in [0.05, 0.1) is 12.6 Å². The highest BCUT2D eigenvalue weighted by atomic mass is 16.5. The Morgan fingerprint density at radius 3 is 2.21 bits per heavy atom. The average Bonchev–Trinajstić information content (AvgIpc) is 3.12. The third-order valence-corrected chi connectivity index (χ3v) is 4.94. The molecule has 0 bridgehead atoms. The smallest absolute Gasteiger partial charge is 0.327 e. The van der Waals surface area contributed by atoms with E-state index in [0.29, 0.717) is 0 Å². The number of fused-ring (bicyclic) bond motifs is 1. The third-order valence-electron chi connectivity index (χ3n) is 4.94. The maximum absolute atomic E-state index is 11.7. The minimum absolute atomic E-state index is 0.103. The summed E-state index contributed by atoms with van der Waals surface area (Å²) in [6.45, 7) is 0.103. The van der Waals surface area contributed by atoms with Gasteiger partial charge in [0.15, 0.2) is 0 Å². The highest BCUT2D eigenvalue weighted by molar-refractivity contribution is 5.93. The predicted octanol–water partition coefficient (Wildman–Crippen LogP) is 4.66. The Bertz CT molecular complexity index is 1080. The normalized spacial score (nSPS) is 10.9. The van der Waals surface area contributed by atoms with Crippen LogP contribution >= 0.6 is 0 Å². The SMILES string of the molecule is COC(=O)Cn1nc(-c2ccc(CCc3ccccc3)cc2)c2ccccc21. The van der Waals surface area contributed by atoms with E-state index in [2.05, 4.69) is 53.6 Å². The summed E-state index contributed by atoms with van der Waals surface area (Å²) in [5.41, 5.74) is 5.50. The zero-order valence-corrected chi connectivity index (χ0v) is 15.8. The van der Waals surface area contributed by atoms with Gasteiger partial charge < -0.3 is 4.74 Å². The van der Waals surface area contributed by atoms with E-state index in [0.717, 1.165) is 35.0 Å². The molecule has 28 heavy (non-hydrogen) atoms. The fraction of sp³-hybridized carbons (Fsp3) is 0.167. The Kier molecular flexibility index (Phi) is 5.20. The lowest BCUT2D eigenvalue weighted by Crippen LogP contribution is -2.12. The number of carbonyl (C=O) groups excluding carboxylic acids is 1. The van der Waals surface area contributed by atoms with E-state index in [9.17, 15) is 4.79 Å². The van der Waals surface area contributed by atoms with Gasteiger partial charge in [-0.3, -0.25) is 9.48 Å². The van der Waals surface area contributed by atoms with Gasteiger partial charge in [0.2, 0.25) is 0 Å². The van der Waals surface area contributed by atoms with Crippen LogP contribution in [0.4, 0.5) is 0 Å². The first kappa shape index (κ1) is 18.0. The molecule has 0 aliphatic carbocycles. The highest BCUT2D eigenvalue weighted by Gasteiger charge is 2.14. The minimum Gasteiger partial charge on any atom is -0.468 e. The second-order valence-corrected chi connectivity index (χ2v) is 6.78. The minimum atomic E-state index is -0.309. The molecule has 3 aromatic carbocycles. The summed E-state index contributed by atoms with van der Waals surface area (Å²) in [5, 5.41) is 5.72. The zero-order chi connectivity index (χ0) is 19.3. The van der Waals surface area contributed by atoms with Gasteiger partial charge in [-0.05, 0) is 30.0 Å². The molecule has 0 spiro atoms. The van der Waals surface area contributed by atoms with Gasteiger partial charge in [-0.2, -0.15) is 5.10 Å². The molecule has 1 aromatic heterocycles. The number of benzene rings is 3. The van der Waals surface area contributed by atoms with Gasteiger partial charge in [-0.1, -0.05) is 72.8 Å². The molecule has 1 heterocycles. The van der Waals surface area contributed by atoms with E-state index in [1.165, 1.54) is 18.2 Å². The zero-order valence-electron chi connectivity index (χ0n) is 15.8. The maximum atomic E-state index is 11.7. The second kappa shape index (κ2) is 8.09. The highest BCUT2D eigenvalue weighted by Crippen LogP contribution is 2.28. The van der Waals surface area contributed by atoms with E-state index in [1.54, 1.807) is 4.68 Å². The van der Waals surface area contributed by atoms with Crippen LogP contribution in [0.5, 0.6) is 0 Å². The van der Waals surface area contributed by atoms with Crippen molar-refractivity contribution < 1.29 is 9.53 Å². The monoisotopic (exact) mass is 370 g/mol. The molecule has 0 aliphatic rings. The number of hydrogen-bond acceptors (Lipinski definition) is 3. The number of hydrogen-bond donors (Lipinski definition) is 0. The number of carbonyl (C=O) groups is 1. The molecular weight excluding hydrogens is 348 g/mol. The summed E-state index contributed by atoms with van der Waals surface area (Å²) >= 11 is 0. The van der Waals surface area contributed by atoms with Crippen molar-refractivity contribution in [3.8, 4) is 11.3 Å². The third kappa shape index (κ3) is 3.81. The van der Waals surface area contributed by atoms with Crippen LogP contribution in [0, 0.1) is 0 Å². The standard InChI is InChI=1S/C24H22N2O2/c1-28-23(27)17-26-22-10-6-5-9-21(22)24(25-26)20-15-13-19(14-16-20)12-11-18-7-3-2-4-8-18/h2-10,13-16H,11-12,17H2,1H3. The van der Waals surface area contributed by atoms with Crippen molar-refractivity contribution in [1.29, 1.82) is 0 Å². The van der Waals surface area contributed by atoms with E-state index >= 15 is 0 Å². The lowest BCUT2D eigenvalue weighted by atomic mass is 10.0. The van der Waals surface area contributed by atoms with Crippen molar-refractivity contribution in [1.82, 2.24) is 9.78 Å². The Morgan fingerprint density at radius 1 is 0.857 bits per heavy atom. The lowest BCUT2D eigenvalue weighted by molar-refractivity contribution is -0.141. The molecule has 0 fully saturated rings. The predicted molar refractivity (Wildman–Crippen MR) is 111 cm³/mol. The Morgan fingerprint density at radius 2 is 1.50 bits per heavy atom. The fourth-order valence-electron chi connectivity index (χ4n) is 3.41. The van der Waals surface area contributed by atoms with Crippen molar-refractivity contribution in [3.05, 3.63) is 90.0 Å². The van der Waals surface area contributed by atoms with Gasteiger partial charge >= 0.3 is 5.97 Å². The molecule has 0 aliphatic heterocycles. The van der Waals surface area contributed by atoms with Crippen molar-refractivity contribution in [2.24, 2.45) is 0 Å². The van der Waals surface area contributed by atoms with Crippen LogP contribution in [0.3, 0.4) is 0 Å². The fourth-order valence-corrected chi connectivity index (χ4v) is 3.41. The summed E-state index contributed by atoms with van der Waals surface area (Å²) in [6, 6.07) is 27.0. The number of aromatic nitrogens is 2. The van der Waals surface area contributed by atoms with Crippen molar-refractivity contribution >= 4 is 16.9 Å². The van der Waals surface area contributed by atoms with E-state index in [4.69, 9.17) is 4.74 Å². The molecular formula is C24H22N2O2. The quantitative estimate of drug-likeness (QED) is 0.464. The van der Waals surface area contributed by atoms with Crippen LogP contribution in [0.15, 0.2) is 78.9 Å². The Labute approximate surface area is 164 Å². The van der Waals surface area contributed by atoms with Crippen LogP contribution in [0.1, 0.15) is 11.1 Å². The number of esters is 1. The molecule has 0 saturated carbocycles. The number of rotatable bonds is 6. The molecule has 140 valence electrons. The second-order valence-electron chi connectivity index (χ2n) is 6.78. The first-order valence-corrected chi connectivity index (χ1v) is 9.40. The molecule has 4 nitrogen and oxygen atoms in total. The molecule has 4 rings (SSSR count). The van der Waals surface area contributed by atoms with Crippen molar-refractivity contribution in [2.45, 2.75) is 19.4 Å². The molecule has 0 atom stereocenters. The van der Waals surface area contributed by atoms with Crippen LogP contribution in [-0.2, 0) is 28.9 Å². The summed E-state index contributed by atoms with van der Waals surface area (Å²) in [5.74, 6) is -0.309. The average molecular weight is 370 g/mol. The van der Waals surface area contributed by atoms with Gasteiger partial charge in [0.25, 0.3) is 0 Å². The molecule has 0 N–H and O–H groups in total. The number of nitrogens with zero attached hydrogens (tertiary/aromatic N) is 2. The summed E-state index contributed by atoms with van der Waals surface area (Å²) < 4.78 is 6.51. The summed E-state index contributed by atoms with van der Waals surface area (Å²) in [6.07, 6.45) is 2.03. The molecule has 0 amide bonds. The van der Waals surface area contributed by atoms with Crippen LogP contribution < -0.4 is 0 Å². The van der Waals surface area contributed by atoms with Gasteiger partial charge in [-0.15, -0.1) is 0 Å². The van der Waals surface area contributed by atoms with Crippen molar-refractivity contribution in [3.63, 3.8) is 0 Å².